The van der Waals surface area contributed by atoms with Crippen LogP contribution >= 0.6 is 11.8 Å². The number of amides is 4. The Hall–Kier alpha value is -2.03. The Morgan fingerprint density at radius 2 is 2.25 bits per heavy atom. The van der Waals surface area contributed by atoms with Gasteiger partial charge in [0, 0.05) is 31.9 Å². The first-order chi connectivity index (χ1) is 9.47. The molecule has 1 aliphatic heterocycles. The Morgan fingerprint density at radius 3 is 2.80 bits per heavy atom. The number of aromatic nitrogens is 2. The van der Waals surface area contributed by atoms with Crippen LogP contribution in [0, 0.1) is 6.92 Å². The summed E-state index contributed by atoms with van der Waals surface area (Å²) >= 11 is 0.976. The average molecular weight is 297 g/mol. The summed E-state index contributed by atoms with van der Waals surface area (Å²) in [6, 6.07) is 1.32. The number of imide groups is 1. The van der Waals surface area contributed by atoms with Gasteiger partial charge in [0.25, 0.3) is 5.24 Å². The topological polar surface area (TPSA) is 96.3 Å². The maximum absolute atomic E-state index is 11.6. The zero-order chi connectivity index (χ0) is 14.7. The van der Waals surface area contributed by atoms with Crippen LogP contribution in [0.3, 0.4) is 0 Å². The fraction of sp³-hybridized carbons (Fsp3) is 0.455. The second kappa shape index (κ2) is 5.95. The van der Waals surface area contributed by atoms with Gasteiger partial charge in [-0.15, -0.1) is 0 Å². The average Bonchev–Trinajstić information content (AvgIpc) is 2.85. The van der Waals surface area contributed by atoms with Crippen molar-refractivity contribution < 1.29 is 14.4 Å². The van der Waals surface area contributed by atoms with Gasteiger partial charge in [-0.1, -0.05) is 11.8 Å². The van der Waals surface area contributed by atoms with E-state index in [0.29, 0.717) is 5.82 Å². The first-order valence-corrected chi connectivity index (χ1v) is 6.98. The van der Waals surface area contributed by atoms with E-state index in [9.17, 15) is 14.4 Å². The molecular weight excluding hydrogens is 282 g/mol. The summed E-state index contributed by atoms with van der Waals surface area (Å²) in [6.45, 7) is 2.26. The van der Waals surface area contributed by atoms with Gasteiger partial charge in [0.15, 0.2) is 5.82 Å². The zero-order valence-electron chi connectivity index (χ0n) is 11.2. The number of hydrogen-bond acceptors (Lipinski definition) is 5. The van der Waals surface area contributed by atoms with Gasteiger partial charge in [0.1, 0.15) is 0 Å². The number of carbonyl (C=O) groups is 3. The number of urea groups is 1. The summed E-state index contributed by atoms with van der Waals surface area (Å²) in [4.78, 5) is 35.4. The van der Waals surface area contributed by atoms with Crippen LogP contribution in [0.1, 0.15) is 5.69 Å². The molecular formula is C11H15N5O3S. The van der Waals surface area contributed by atoms with E-state index in [1.165, 1.54) is 0 Å². The van der Waals surface area contributed by atoms with Crippen LogP contribution in [-0.4, -0.2) is 50.7 Å². The minimum Gasteiger partial charge on any atom is -0.336 e. The van der Waals surface area contributed by atoms with Gasteiger partial charge in [-0.05, 0) is 6.92 Å². The van der Waals surface area contributed by atoms with Crippen molar-refractivity contribution in [2.24, 2.45) is 7.05 Å². The molecule has 4 amide bonds. The summed E-state index contributed by atoms with van der Waals surface area (Å²) in [5.41, 5.74) is 0.922. The predicted octanol–water partition coefficient (Wildman–Crippen LogP) is 0.545. The van der Waals surface area contributed by atoms with Gasteiger partial charge in [0.2, 0.25) is 5.91 Å². The fourth-order valence-electron chi connectivity index (χ4n) is 1.66. The third kappa shape index (κ3) is 3.29. The monoisotopic (exact) mass is 297 g/mol. The minimum atomic E-state index is -0.421. The summed E-state index contributed by atoms with van der Waals surface area (Å²) in [6.07, 6.45) is 0. The lowest BCUT2D eigenvalue weighted by molar-refractivity contribution is -0.124. The van der Waals surface area contributed by atoms with E-state index in [1.54, 1.807) is 17.8 Å². The second-order valence-corrected chi connectivity index (χ2v) is 5.20. The van der Waals surface area contributed by atoms with E-state index in [-0.39, 0.29) is 30.0 Å². The molecule has 108 valence electrons. The van der Waals surface area contributed by atoms with E-state index in [1.807, 2.05) is 6.92 Å². The van der Waals surface area contributed by atoms with Gasteiger partial charge in [-0.25, -0.2) is 4.79 Å². The molecule has 0 spiro atoms. The Balaban J connectivity index is 1.75. The second-order valence-electron chi connectivity index (χ2n) is 4.28. The number of hydrogen-bond donors (Lipinski definition) is 2. The van der Waals surface area contributed by atoms with Gasteiger partial charge in [0.05, 0.1) is 5.75 Å². The van der Waals surface area contributed by atoms with Crippen molar-refractivity contribution in [1.82, 2.24) is 20.0 Å². The number of anilines is 1. The molecule has 0 radical (unpaired) electrons. The Labute approximate surface area is 119 Å². The molecule has 0 aliphatic carbocycles. The van der Waals surface area contributed by atoms with Crippen molar-refractivity contribution >= 4 is 34.8 Å². The largest absolute Gasteiger partial charge is 0.336 e. The third-order valence-electron chi connectivity index (χ3n) is 2.82. The van der Waals surface area contributed by atoms with Crippen LogP contribution in [0.5, 0.6) is 0 Å². The number of rotatable bonds is 4. The molecule has 0 aromatic carbocycles. The highest BCUT2D eigenvalue weighted by Gasteiger charge is 2.29. The summed E-state index contributed by atoms with van der Waals surface area (Å²) in [5, 5.41) is 8.97. The molecule has 1 aromatic rings. The van der Waals surface area contributed by atoms with Crippen molar-refractivity contribution in [2.75, 3.05) is 24.2 Å². The molecule has 9 heteroatoms. The normalized spacial score (nSPS) is 14.8. The Kier molecular flexibility index (Phi) is 4.28. The molecule has 2 N–H and O–H groups in total. The van der Waals surface area contributed by atoms with Crippen molar-refractivity contribution in [2.45, 2.75) is 6.92 Å². The molecule has 0 bridgehead atoms. The van der Waals surface area contributed by atoms with Crippen LogP contribution in [0.15, 0.2) is 6.07 Å². The maximum atomic E-state index is 11.6. The summed E-state index contributed by atoms with van der Waals surface area (Å²) in [7, 11) is 1.78. The van der Waals surface area contributed by atoms with E-state index in [0.717, 1.165) is 22.4 Å². The number of nitrogens with zero attached hydrogens (tertiary/aromatic N) is 3. The summed E-state index contributed by atoms with van der Waals surface area (Å²) in [5.74, 6) is 0.409. The molecule has 1 fully saturated rings. The molecule has 1 aromatic heterocycles. The molecule has 1 saturated heterocycles. The molecule has 2 heterocycles. The van der Waals surface area contributed by atoms with Crippen molar-refractivity contribution in [1.29, 1.82) is 0 Å². The quantitative estimate of drug-likeness (QED) is 0.846. The highest BCUT2D eigenvalue weighted by Crippen LogP contribution is 2.17. The highest BCUT2D eigenvalue weighted by molar-refractivity contribution is 8.14. The van der Waals surface area contributed by atoms with Gasteiger partial charge >= 0.3 is 6.03 Å². The third-order valence-corrected chi connectivity index (χ3v) is 3.68. The van der Waals surface area contributed by atoms with Crippen LogP contribution in [0.4, 0.5) is 15.4 Å². The van der Waals surface area contributed by atoms with E-state index in [2.05, 4.69) is 15.7 Å². The number of aryl methyl sites for hydroxylation is 2. The van der Waals surface area contributed by atoms with Crippen LogP contribution in [0.25, 0.3) is 0 Å². The molecule has 2 rings (SSSR count). The number of carbonyl (C=O) groups excluding carboxylic acids is 3. The van der Waals surface area contributed by atoms with E-state index < -0.39 is 6.03 Å². The molecule has 1 aliphatic rings. The van der Waals surface area contributed by atoms with Crippen LogP contribution in [0.2, 0.25) is 0 Å². The van der Waals surface area contributed by atoms with Crippen LogP contribution < -0.4 is 10.6 Å². The Morgan fingerprint density at radius 1 is 1.50 bits per heavy atom. The van der Waals surface area contributed by atoms with Gasteiger partial charge in [-0.2, -0.15) is 5.10 Å². The minimum absolute atomic E-state index is 0.179. The highest BCUT2D eigenvalue weighted by atomic mass is 32.2. The summed E-state index contributed by atoms with van der Waals surface area (Å²) < 4.78 is 1.65. The molecule has 0 unspecified atom stereocenters. The lowest BCUT2D eigenvalue weighted by atomic mass is 10.4. The van der Waals surface area contributed by atoms with Crippen molar-refractivity contribution in [3.05, 3.63) is 11.8 Å². The Bertz CT molecular complexity index is 521. The van der Waals surface area contributed by atoms with Gasteiger partial charge in [-0.3, -0.25) is 24.5 Å². The standard InChI is InChI=1S/C11H15N5O3S/c1-7-5-8(14-15(7)2)13-10(18)12-3-4-16-9(17)6-20-11(16)19/h5H,3-4,6H2,1-2H3,(H2,12,13,14,18). The van der Waals surface area contributed by atoms with Gasteiger partial charge < -0.3 is 5.32 Å². The van der Waals surface area contributed by atoms with Crippen LogP contribution in [-0.2, 0) is 11.8 Å². The molecule has 0 atom stereocenters. The zero-order valence-corrected chi connectivity index (χ0v) is 12.0. The van der Waals surface area contributed by atoms with E-state index >= 15 is 0 Å². The first kappa shape index (κ1) is 14.4. The predicted molar refractivity (Wildman–Crippen MR) is 74.5 cm³/mol. The molecule has 0 saturated carbocycles. The molecule has 20 heavy (non-hydrogen) atoms. The fourth-order valence-corrected chi connectivity index (χ4v) is 2.41. The maximum Gasteiger partial charge on any atom is 0.320 e. The van der Waals surface area contributed by atoms with E-state index in [4.69, 9.17) is 0 Å². The lowest BCUT2D eigenvalue weighted by Crippen LogP contribution is -2.39. The number of nitrogens with one attached hydrogen (secondary N) is 2. The van der Waals surface area contributed by atoms with Crippen molar-refractivity contribution in [3.8, 4) is 0 Å². The SMILES string of the molecule is Cc1cc(NC(=O)NCCN2C(=O)CSC2=O)nn1C. The molecule has 8 nitrogen and oxygen atoms in total. The first-order valence-electron chi connectivity index (χ1n) is 6.00. The van der Waals surface area contributed by atoms with Crippen molar-refractivity contribution in [3.63, 3.8) is 0 Å². The lowest BCUT2D eigenvalue weighted by Gasteiger charge is -2.13. The smallest absolute Gasteiger partial charge is 0.320 e. The number of thioether (sulfide) groups is 1.